The highest BCUT2D eigenvalue weighted by molar-refractivity contribution is 5.98. The molecule has 102 valence electrons. The highest BCUT2D eigenvalue weighted by atomic mass is 19.1. The molecular formula is C16H14FNO2. The van der Waals surface area contributed by atoms with Crippen molar-refractivity contribution in [3.8, 4) is 0 Å². The van der Waals surface area contributed by atoms with Gasteiger partial charge in [0.25, 0.3) is 5.91 Å². The van der Waals surface area contributed by atoms with Crippen molar-refractivity contribution in [2.45, 2.75) is 12.5 Å². The van der Waals surface area contributed by atoms with Crippen LogP contribution in [0.1, 0.15) is 17.2 Å². The normalized spacial score (nSPS) is 15.0. The third-order valence-corrected chi connectivity index (χ3v) is 3.56. The van der Waals surface area contributed by atoms with Crippen LogP contribution in [-0.2, 0) is 11.2 Å². The van der Waals surface area contributed by atoms with E-state index in [2.05, 4.69) is 0 Å². The van der Waals surface area contributed by atoms with Crippen LogP contribution < -0.4 is 4.90 Å². The zero-order chi connectivity index (χ0) is 14.1. The smallest absolute Gasteiger partial charge is 0.260 e. The first-order valence-electron chi connectivity index (χ1n) is 6.49. The second-order valence-electron chi connectivity index (χ2n) is 4.83. The molecular weight excluding hydrogens is 257 g/mol. The summed E-state index contributed by atoms with van der Waals surface area (Å²) in [6, 6.07) is 13.2. The van der Waals surface area contributed by atoms with Crippen LogP contribution in [0.5, 0.6) is 0 Å². The molecule has 3 nitrogen and oxygen atoms in total. The first-order chi connectivity index (χ1) is 9.66. The van der Waals surface area contributed by atoms with Gasteiger partial charge < -0.3 is 10.0 Å². The van der Waals surface area contributed by atoms with Crippen molar-refractivity contribution in [1.82, 2.24) is 0 Å². The highest BCUT2D eigenvalue weighted by Crippen LogP contribution is 2.31. The van der Waals surface area contributed by atoms with Gasteiger partial charge in [-0.15, -0.1) is 0 Å². The van der Waals surface area contributed by atoms with Crippen LogP contribution in [0.2, 0.25) is 0 Å². The zero-order valence-electron chi connectivity index (χ0n) is 10.8. The number of aliphatic hydroxyl groups excluding tert-OH is 1. The summed E-state index contributed by atoms with van der Waals surface area (Å²) in [6.07, 6.45) is -0.534. The number of carbonyl (C=O) groups excluding carboxylic acids is 1. The Kier molecular flexibility index (Phi) is 3.24. The minimum absolute atomic E-state index is 0.377. The summed E-state index contributed by atoms with van der Waals surface area (Å²) in [6.45, 7) is 0.474. The maximum atomic E-state index is 13.3. The Bertz CT molecular complexity index is 642. The Morgan fingerprint density at radius 1 is 1.20 bits per heavy atom. The number of aliphatic hydroxyl groups is 1. The highest BCUT2D eigenvalue weighted by Gasteiger charge is 2.30. The fourth-order valence-electron chi connectivity index (χ4n) is 2.51. The van der Waals surface area contributed by atoms with Gasteiger partial charge in [-0.2, -0.15) is 0 Å². The molecule has 0 bridgehead atoms. The average Bonchev–Trinajstić information content (AvgIpc) is 2.89. The topological polar surface area (TPSA) is 40.5 Å². The molecule has 0 saturated carbocycles. The van der Waals surface area contributed by atoms with E-state index in [1.807, 2.05) is 6.07 Å². The predicted molar refractivity (Wildman–Crippen MR) is 73.9 cm³/mol. The number of hydrogen-bond acceptors (Lipinski definition) is 2. The van der Waals surface area contributed by atoms with Gasteiger partial charge >= 0.3 is 0 Å². The molecule has 0 fully saturated rings. The maximum absolute atomic E-state index is 13.3. The Balaban J connectivity index is 1.88. The molecule has 1 amide bonds. The summed E-state index contributed by atoms with van der Waals surface area (Å²) in [5, 5.41) is 10.2. The van der Waals surface area contributed by atoms with Gasteiger partial charge in [0, 0.05) is 12.2 Å². The van der Waals surface area contributed by atoms with Crippen molar-refractivity contribution >= 4 is 11.6 Å². The summed E-state index contributed by atoms with van der Waals surface area (Å²) in [5.74, 6) is -0.793. The van der Waals surface area contributed by atoms with Crippen molar-refractivity contribution in [3.63, 3.8) is 0 Å². The van der Waals surface area contributed by atoms with Crippen LogP contribution in [0, 0.1) is 5.82 Å². The van der Waals surface area contributed by atoms with E-state index in [0.29, 0.717) is 24.2 Å². The van der Waals surface area contributed by atoms with Gasteiger partial charge in [-0.05, 0) is 29.7 Å². The number of nitrogens with zero attached hydrogens (tertiary/aromatic N) is 1. The molecule has 3 rings (SSSR count). The molecule has 1 atom stereocenters. The monoisotopic (exact) mass is 271 g/mol. The van der Waals surface area contributed by atoms with Gasteiger partial charge in [0.1, 0.15) is 5.82 Å². The van der Waals surface area contributed by atoms with Crippen LogP contribution in [-0.4, -0.2) is 17.6 Å². The first kappa shape index (κ1) is 12.8. The molecule has 0 aliphatic carbocycles. The maximum Gasteiger partial charge on any atom is 0.260 e. The van der Waals surface area contributed by atoms with E-state index in [4.69, 9.17) is 0 Å². The number of fused-ring (bicyclic) bond motifs is 1. The molecule has 1 N–H and O–H groups in total. The average molecular weight is 271 g/mol. The van der Waals surface area contributed by atoms with Gasteiger partial charge in [-0.1, -0.05) is 36.4 Å². The number of rotatable bonds is 2. The lowest BCUT2D eigenvalue weighted by molar-refractivity contribution is -0.126. The van der Waals surface area contributed by atoms with Crippen LogP contribution >= 0.6 is 0 Å². The molecule has 0 radical (unpaired) electrons. The minimum atomic E-state index is -1.22. The molecule has 0 aromatic heterocycles. The van der Waals surface area contributed by atoms with Crippen LogP contribution in [0.25, 0.3) is 0 Å². The summed E-state index contributed by atoms with van der Waals surface area (Å²) in [5.41, 5.74) is 2.03. The first-order valence-corrected chi connectivity index (χ1v) is 6.49. The minimum Gasteiger partial charge on any atom is -0.378 e. The van der Waals surface area contributed by atoms with Crippen molar-refractivity contribution < 1.29 is 14.3 Å². The van der Waals surface area contributed by atoms with Crippen LogP contribution in [0.3, 0.4) is 0 Å². The number of halogens is 1. The SMILES string of the molecule is O=C(C(O)c1ccccc1)N1CCc2ccc(F)cc21. The van der Waals surface area contributed by atoms with Gasteiger partial charge in [-0.25, -0.2) is 4.39 Å². The Morgan fingerprint density at radius 2 is 1.95 bits per heavy atom. The van der Waals surface area contributed by atoms with Crippen molar-refractivity contribution in [2.75, 3.05) is 11.4 Å². The number of amides is 1. The number of anilines is 1. The molecule has 0 saturated heterocycles. The summed E-state index contributed by atoms with van der Waals surface area (Å²) >= 11 is 0. The summed E-state index contributed by atoms with van der Waals surface area (Å²) in [4.78, 5) is 13.8. The standard InChI is InChI=1S/C16H14FNO2/c17-13-7-6-11-8-9-18(14(11)10-13)16(20)15(19)12-4-2-1-3-5-12/h1-7,10,15,19H,8-9H2. The van der Waals surface area contributed by atoms with Gasteiger partial charge in [0.15, 0.2) is 6.10 Å². The van der Waals surface area contributed by atoms with Gasteiger partial charge in [-0.3, -0.25) is 4.79 Å². The molecule has 1 unspecified atom stereocenters. The van der Waals surface area contributed by atoms with Crippen LogP contribution in [0.4, 0.5) is 10.1 Å². The molecule has 1 aliphatic heterocycles. The third-order valence-electron chi connectivity index (χ3n) is 3.56. The van der Waals surface area contributed by atoms with Gasteiger partial charge in [0.05, 0.1) is 0 Å². The summed E-state index contributed by atoms with van der Waals surface area (Å²) < 4.78 is 13.3. The Morgan fingerprint density at radius 3 is 2.70 bits per heavy atom. The lowest BCUT2D eigenvalue weighted by atomic mass is 10.1. The Hall–Kier alpha value is -2.20. The molecule has 2 aromatic carbocycles. The number of hydrogen-bond donors (Lipinski definition) is 1. The van der Waals surface area contributed by atoms with Crippen molar-refractivity contribution in [3.05, 3.63) is 65.5 Å². The molecule has 2 aromatic rings. The Labute approximate surface area is 116 Å². The van der Waals surface area contributed by atoms with E-state index in [9.17, 15) is 14.3 Å². The largest absolute Gasteiger partial charge is 0.378 e. The van der Waals surface area contributed by atoms with E-state index in [1.165, 1.54) is 17.0 Å². The second kappa shape index (κ2) is 5.06. The number of benzene rings is 2. The molecule has 20 heavy (non-hydrogen) atoms. The molecule has 4 heteroatoms. The molecule has 1 aliphatic rings. The molecule has 0 spiro atoms. The second-order valence-corrected chi connectivity index (χ2v) is 4.83. The van der Waals surface area contributed by atoms with Crippen LogP contribution in [0.15, 0.2) is 48.5 Å². The zero-order valence-corrected chi connectivity index (χ0v) is 10.8. The predicted octanol–water partition coefficient (Wildman–Crippen LogP) is 2.45. The lowest BCUT2D eigenvalue weighted by Gasteiger charge is -2.21. The lowest BCUT2D eigenvalue weighted by Crippen LogP contribution is -2.33. The quantitative estimate of drug-likeness (QED) is 0.911. The van der Waals surface area contributed by atoms with E-state index in [1.54, 1.807) is 30.3 Å². The van der Waals surface area contributed by atoms with E-state index < -0.39 is 12.0 Å². The van der Waals surface area contributed by atoms with Gasteiger partial charge in [0.2, 0.25) is 0 Å². The molecule has 1 heterocycles. The third kappa shape index (κ3) is 2.18. The fraction of sp³-hybridized carbons (Fsp3) is 0.188. The van der Waals surface area contributed by atoms with E-state index in [-0.39, 0.29) is 5.82 Å². The van der Waals surface area contributed by atoms with Crippen molar-refractivity contribution in [2.24, 2.45) is 0 Å². The van der Waals surface area contributed by atoms with Crippen molar-refractivity contribution in [1.29, 1.82) is 0 Å². The summed E-state index contributed by atoms with van der Waals surface area (Å²) in [7, 11) is 0. The van der Waals surface area contributed by atoms with E-state index in [0.717, 1.165) is 5.56 Å². The fourth-order valence-corrected chi connectivity index (χ4v) is 2.51. The van der Waals surface area contributed by atoms with E-state index >= 15 is 0 Å². The number of carbonyl (C=O) groups is 1.